The van der Waals surface area contributed by atoms with E-state index in [9.17, 15) is 4.79 Å². The second-order valence-electron chi connectivity index (χ2n) is 4.90. The summed E-state index contributed by atoms with van der Waals surface area (Å²) < 4.78 is 0. The van der Waals surface area contributed by atoms with Crippen molar-refractivity contribution in [3.8, 4) is 0 Å². The number of carbonyl (C=O) groups excluding carboxylic acids is 1. The van der Waals surface area contributed by atoms with Crippen LogP contribution in [0, 0.1) is 5.92 Å². The molecule has 1 saturated heterocycles. The maximum atomic E-state index is 12.0. The van der Waals surface area contributed by atoms with Gasteiger partial charge in [-0.05, 0) is 36.5 Å². The first kappa shape index (κ1) is 13.3. The maximum Gasteiger partial charge on any atom is 0.222 e. The summed E-state index contributed by atoms with van der Waals surface area (Å²) in [5.41, 5.74) is 1.05. The summed E-state index contributed by atoms with van der Waals surface area (Å²) in [6.45, 7) is 3.71. The summed E-state index contributed by atoms with van der Waals surface area (Å²) in [7, 11) is 0. The van der Waals surface area contributed by atoms with Crippen LogP contribution in [-0.2, 0) is 11.3 Å². The SMILES string of the molecule is CCC1CCC(=O)N(Cc2ccnc(Cl)c2)CC1. The van der Waals surface area contributed by atoms with Crippen molar-refractivity contribution >= 4 is 17.5 Å². The van der Waals surface area contributed by atoms with E-state index in [1.165, 1.54) is 6.42 Å². The van der Waals surface area contributed by atoms with E-state index in [2.05, 4.69) is 11.9 Å². The molecule has 1 atom stereocenters. The summed E-state index contributed by atoms with van der Waals surface area (Å²) in [6.07, 6.45) is 5.68. The number of amides is 1. The zero-order valence-electron chi connectivity index (χ0n) is 10.7. The van der Waals surface area contributed by atoms with Crippen molar-refractivity contribution in [2.75, 3.05) is 6.54 Å². The van der Waals surface area contributed by atoms with Gasteiger partial charge in [0.15, 0.2) is 0 Å². The predicted molar refractivity (Wildman–Crippen MR) is 72.3 cm³/mol. The summed E-state index contributed by atoms with van der Waals surface area (Å²) in [4.78, 5) is 17.9. The Morgan fingerprint density at radius 1 is 1.50 bits per heavy atom. The molecule has 18 heavy (non-hydrogen) atoms. The number of hydrogen-bond donors (Lipinski definition) is 0. The summed E-state index contributed by atoms with van der Waals surface area (Å²) in [5.74, 6) is 0.957. The second-order valence-corrected chi connectivity index (χ2v) is 5.29. The van der Waals surface area contributed by atoms with Gasteiger partial charge in [0.25, 0.3) is 0 Å². The van der Waals surface area contributed by atoms with Crippen LogP contribution in [0.25, 0.3) is 0 Å². The third-order valence-electron chi connectivity index (χ3n) is 3.67. The molecule has 1 aromatic rings. The molecule has 0 bridgehead atoms. The molecule has 3 nitrogen and oxygen atoms in total. The molecule has 0 N–H and O–H groups in total. The zero-order chi connectivity index (χ0) is 13.0. The zero-order valence-corrected chi connectivity index (χ0v) is 11.5. The van der Waals surface area contributed by atoms with Crippen LogP contribution in [0.5, 0.6) is 0 Å². The van der Waals surface area contributed by atoms with Crippen LogP contribution < -0.4 is 0 Å². The molecule has 1 aromatic heterocycles. The fourth-order valence-electron chi connectivity index (χ4n) is 2.43. The average molecular weight is 267 g/mol. The molecule has 0 aliphatic carbocycles. The third kappa shape index (κ3) is 3.45. The van der Waals surface area contributed by atoms with Crippen molar-refractivity contribution in [3.63, 3.8) is 0 Å². The number of aromatic nitrogens is 1. The topological polar surface area (TPSA) is 33.2 Å². The quantitative estimate of drug-likeness (QED) is 0.787. The fraction of sp³-hybridized carbons (Fsp3) is 0.571. The summed E-state index contributed by atoms with van der Waals surface area (Å²) >= 11 is 5.86. The molecule has 1 fully saturated rings. The summed E-state index contributed by atoms with van der Waals surface area (Å²) in [6, 6.07) is 3.75. The molecule has 0 saturated carbocycles. The van der Waals surface area contributed by atoms with Gasteiger partial charge in [-0.25, -0.2) is 4.98 Å². The van der Waals surface area contributed by atoms with Crippen LogP contribution >= 0.6 is 11.6 Å². The van der Waals surface area contributed by atoms with Crippen LogP contribution in [-0.4, -0.2) is 22.3 Å². The average Bonchev–Trinajstić information content (AvgIpc) is 2.53. The lowest BCUT2D eigenvalue weighted by Gasteiger charge is -2.20. The van der Waals surface area contributed by atoms with Gasteiger partial charge in [0, 0.05) is 25.7 Å². The van der Waals surface area contributed by atoms with E-state index >= 15 is 0 Å². The highest BCUT2D eigenvalue weighted by Gasteiger charge is 2.21. The van der Waals surface area contributed by atoms with Crippen molar-refractivity contribution in [1.82, 2.24) is 9.88 Å². The standard InChI is InChI=1S/C14H19ClN2O/c1-2-11-3-4-14(18)17(8-6-11)10-12-5-7-16-13(15)9-12/h5,7,9,11H,2-4,6,8,10H2,1H3. The van der Waals surface area contributed by atoms with Gasteiger partial charge >= 0.3 is 0 Å². The number of halogens is 1. The van der Waals surface area contributed by atoms with Gasteiger partial charge in [0.2, 0.25) is 5.91 Å². The van der Waals surface area contributed by atoms with Gasteiger partial charge in [-0.15, -0.1) is 0 Å². The van der Waals surface area contributed by atoms with E-state index in [-0.39, 0.29) is 5.91 Å². The van der Waals surface area contributed by atoms with Crippen LogP contribution in [0.2, 0.25) is 5.15 Å². The Balaban J connectivity index is 2.01. The third-order valence-corrected chi connectivity index (χ3v) is 3.87. The second kappa shape index (κ2) is 6.19. The van der Waals surface area contributed by atoms with E-state index in [1.807, 2.05) is 17.0 Å². The number of pyridine rings is 1. The molecule has 0 radical (unpaired) electrons. The first-order valence-electron chi connectivity index (χ1n) is 6.57. The smallest absolute Gasteiger partial charge is 0.222 e. The first-order valence-corrected chi connectivity index (χ1v) is 6.95. The molecule has 1 amide bonds. The Morgan fingerprint density at radius 3 is 3.06 bits per heavy atom. The minimum absolute atomic E-state index is 0.263. The molecule has 1 aliphatic rings. The Bertz CT molecular complexity index is 422. The Hall–Kier alpha value is -1.09. The van der Waals surface area contributed by atoms with Crippen molar-refractivity contribution in [3.05, 3.63) is 29.0 Å². The van der Waals surface area contributed by atoms with Gasteiger partial charge in [-0.3, -0.25) is 4.79 Å². The van der Waals surface area contributed by atoms with Crippen molar-refractivity contribution in [2.45, 2.75) is 39.2 Å². The molecule has 1 aliphatic heterocycles. The molecule has 98 valence electrons. The molecule has 2 heterocycles. The normalized spacial score (nSPS) is 20.9. The lowest BCUT2D eigenvalue weighted by atomic mass is 9.98. The van der Waals surface area contributed by atoms with E-state index in [0.717, 1.165) is 24.9 Å². The lowest BCUT2D eigenvalue weighted by Crippen LogP contribution is -2.29. The van der Waals surface area contributed by atoms with E-state index < -0.39 is 0 Å². The Kier molecular flexibility index (Phi) is 4.59. The highest BCUT2D eigenvalue weighted by molar-refractivity contribution is 6.29. The Labute approximate surface area is 113 Å². The van der Waals surface area contributed by atoms with Crippen LogP contribution in [0.4, 0.5) is 0 Å². The first-order chi connectivity index (χ1) is 8.69. The van der Waals surface area contributed by atoms with Crippen molar-refractivity contribution < 1.29 is 4.79 Å². The van der Waals surface area contributed by atoms with Gasteiger partial charge in [-0.1, -0.05) is 24.9 Å². The van der Waals surface area contributed by atoms with E-state index in [0.29, 0.717) is 24.0 Å². The number of likely N-dealkylation sites (tertiary alicyclic amines) is 1. The number of carbonyl (C=O) groups is 1. The molecular formula is C14H19ClN2O. The number of rotatable bonds is 3. The largest absolute Gasteiger partial charge is 0.338 e. The van der Waals surface area contributed by atoms with Crippen molar-refractivity contribution in [2.24, 2.45) is 5.92 Å². The molecule has 0 aromatic carbocycles. The van der Waals surface area contributed by atoms with E-state index in [4.69, 9.17) is 11.6 Å². The number of nitrogens with zero attached hydrogens (tertiary/aromatic N) is 2. The van der Waals surface area contributed by atoms with Gasteiger partial charge in [-0.2, -0.15) is 0 Å². The molecule has 4 heteroatoms. The maximum absolute atomic E-state index is 12.0. The van der Waals surface area contributed by atoms with Gasteiger partial charge in [0.05, 0.1) is 0 Å². The lowest BCUT2D eigenvalue weighted by molar-refractivity contribution is -0.131. The van der Waals surface area contributed by atoms with Crippen LogP contribution in [0.1, 0.15) is 38.2 Å². The van der Waals surface area contributed by atoms with Gasteiger partial charge < -0.3 is 4.90 Å². The molecule has 1 unspecified atom stereocenters. The number of hydrogen-bond acceptors (Lipinski definition) is 2. The predicted octanol–water partition coefficient (Wildman–Crippen LogP) is 3.27. The van der Waals surface area contributed by atoms with E-state index in [1.54, 1.807) is 6.20 Å². The van der Waals surface area contributed by atoms with Crippen molar-refractivity contribution in [1.29, 1.82) is 0 Å². The fourth-order valence-corrected chi connectivity index (χ4v) is 2.63. The molecule has 0 spiro atoms. The minimum atomic E-state index is 0.263. The summed E-state index contributed by atoms with van der Waals surface area (Å²) in [5, 5.41) is 0.487. The molecular weight excluding hydrogens is 248 g/mol. The van der Waals surface area contributed by atoms with Gasteiger partial charge in [0.1, 0.15) is 5.15 Å². The Morgan fingerprint density at radius 2 is 2.33 bits per heavy atom. The molecule has 2 rings (SSSR count). The highest BCUT2D eigenvalue weighted by Crippen LogP contribution is 2.22. The highest BCUT2D eigenvalue weighted by atomic mass is 35.5. The minimum Gasteiger partial charge on any atom is -0.338 e. The van der Waals surface area contributed by atoms with Crippen LogP contribution in [0.3, 0.4) is 0 Å². The van der Waals surface area contributed by atoms with Crippen LogP contribution in [0.15, 0.2) is 18.3 Å². The monoisotopic (exact) mass is 266 g/mol.